The molecule has 0 saturated heterocycles. The van der Waals surface area contributed by atoms with E-state index < -0.39 is 23.8 Å². The number of esters is 1. The molecule has 2 rings (SSSR count). The van der Waals surface area contributed by atoms with Crippen LogP contribution in [-0.2, 0) is 14.3 Å². The summed E-state index contributed by atoms with van der Waals surface area (Å²) in [6.07, 6.45) is 2.64. The third-order valence-corrected chi connectivity index (χ3v) is 4.10. The van der Waals surface area contributed by atoms with E-state index in [1.807, 2.05) is 0 Å². The van der Waals surface area contributed by atoms with Crippen LogP contribution in [0.15, 0.2) is 24.3 Å². The maximum Gasteiger partial charge on any atom is 0.412 e. The molecule has 0 unspecified atom stereocenters. The summed E-state index contributed by atoms with van der Waals surface area (Å²) >= 11 is 0. The highest BCUT2D eigenvalue weighted by molar-refractivity contribution is 5.94. The van der Waals surface area contributed by atoms with Gasteiger partial charge in [0.05, 0.1) is 5.56 Å². The molecular formula is C20H28N2O5. The van der Waals surface area contributed by atoms with Crippen LogP contribution >= 0.6 is 0 Å². The molecule has 0 spiro atoms. The first-order valence-corrected chi connectivity index (χ1v) is 9.25. The maximum absolute atomic E-state index is 12.3. The second-order valence-corrected chi connectivity index (χ2v) is 7.75. The number of hydrogen-bond donors (Lipinski definition) is 2. The first kappa shape index (κ1) is 20.7. The Labute approximate surface area is 159 Å². The average molecular weight is 376 g/mol. The second kappa shape index (κ2) is 8.88. The summed E-state index contributed by atoms with van der Waals surface area (Å²) in [5.41, 5.74) is 0.0220. The van der Waals surface area contributed by atoms with Crippen molar-refractivity contribution in [1.82, 2.24) is 5.32 Å². The van der Waals surface area contributed by atoms with Gasteiger partial charge in [0.2, 0.25) is 0 Å². The number of ether oxygens (including phenoxy) is 2. The van der Waals surface area contributed by atoms with E-state index >= 15 is 0 Å². The summed E-state index contributed by atoms with van der Waals surface area (Å²) in [6.45, 7) is 6.83. The van der Waals surface area contributed by atoms with Gasteiger partial charge in [0.15, 0.2) is 6.10 Å². The Kier molecular flexibility index (Phi) is 6.82. The van der Waals surface area contributed by atoms with E-state index in [9.17, 15) is 14.4 Å². The van der Waals surface area contributed by atoms with Crippen LogP contribution in [0.5, 0.6) is 0 Å². The number of nitrogens with one attached hydrogen (secondary N) is 2. The molecule has 7 heteroatoms. The van der Waals surface area contributed by atoms with Gasteiger partial charge in [0.25, 0.3) is 5.91 Å². The molecule has 1 aliphatic carbocycles. The summed E-state index contributed by atoms with van der Waals surface area (Å²) in [6, 6.07) is 6.46. The number of hydrogen-bond acceptors (Lipinski definition) is 5. The number of rotatable bonds is 5. The molecule has 27 heavy (non-hydrogen) atoms. The van der Waals surface area contributed by atoms with Crippen molar-refractivity contribution >= 4 is 23.7 Å². The SMILES string of the molecule is C[C@@H](OC(=O)c1cccc(NC(=O)OC(C)(C)C)c1)C(=O)NC1CCCC1. The zero-order valence-electron chi connectivity index (χ0n) is 16.3. The van der Waals surface area contributed by atoms with Crippen LogP contribution in [0.25, 0.3) is 0 Å². The van der Waals surface area contributed by atoms with E-state index in [-0.39, 0.29) is 17.5 Å². The molecule has 2 amide bonds. The van der Waals surface area contributed by atoms with Crippen LogP contribution in [0.3, 0.4) is 0 Å². The number of carbonyl (C=O) groups excluding carboxylic acids is 3. The van der Waals surface area contributed by atoms with Crippen LogP contribution in [0.2, 0.25) is 0 Å². The smallest absolute Gasteiger partial charge is 0.412 e. The Morgan fingerprint density at radius 3 is 2.44 bits per heavy atom. The highest BCUT2D eigenvalue weighted by atomic mass is 16.6. The summed E-state index contributed by atoms with van der Waals surface area (Å²) in [4.78, 5) is 36.3. The monoisotopic (exact) mass is 376 g/mol. The molecule has 0 bridgehead atoms. The van der Waals surface area contributed by atoms with Crippen molar-refractivity contribution < 1.29 is 23.9 Å². The van der Waals surface area contributed by atoms with Crippen molar-refractivity contribution in [3.63, 3.8) is 0 Å². The minimum atomic E-state index is -0.888. The molecular weight excluding hydrogens is 348 g/mol. The van der Waals surface area contributed by atoms with E-state index in [1.165, 1.54) is 6.07 Å². The predicted molar refractivity (Wildman–Crippen MR) is 102 cm³/mol. The first-order chi connectivity index (χ1) is 12.6. The molecule has 7 nitrogen and oxygen atoms in total. The normalized spacial score (nSPS) is 15.7. The Morgan fingerprint density at radius 2 is 1.81 bits per heavy atom. The van der Waals surface area contributed by atoms with Crippen LogP contribution in [0, 0.1) is 0 Å². The molecule has 0 heterocycles. The van der Waals surface area contributed by atoms with Gasteiger partial charge < -0.3 is 14.8 Å². The number of carbonyl (C=O) groups is 3. The van der Waals surface area contributed by atoms with Crippen LogP contribution < -0.4 is 10.6 Å². The lowest BCUT2D eigenvalue weighted by atomic mass is 10.2. The van der Waals surface area contributed by atoms with Crippen molar-refractivity contribution in [2.75, 3.05) is 5.32 Å². The van der Waals surface area contributed by atoms with Crippen molar-refractivity contribution in [3.05, 3.63) is 29.8 Å². The highest BCUT2D eigenvalue weighted by Crippen LogP contribution is 2.18. The number of benzene rings is 1. The summed E-state index contributed by atoms with van der Waals surface area (Å²) in [7, 11) is 0. The zero-order chi connectivity index (χ0) is 20.0. The van der Waals surface area contributed by atoms with Crippen molar-refractivity contribution in [2.45, 2.75) is 71.1 Å². The van der Waals surface area contributed by atoms with Gasteiger partial charge in [0.1, 0.15) is 5.60 Å². The van der Waals surface area contributed by atoms with Gasteiger partial charge in [-0.1, -0.05) is 18.9 Å². The topological polar surface area (TPSA) is 93.7 Å². The lowest BCUT2D eigenvalue weighted by Crippen LogP contribution is -2.40. The van der Waals surface area contributed by atoms with Gasteiger partial charge >= 0.3 is 12.1 Å². The van der Waals surface area contributed by atoms with E-state index in [0.717, 1.165) is 25.7 Å². The van der Waals surface area contributed by atoms with Crippen LogP contribution in [-0.4, -0.2) is 35.7 Å². The average Bonchev–Trinajstić information content (AvgIpc) is 3.06. The Hall–Kier alpha value is -2.57. The van der Waals surface area contributed by atoms with Gasteiger partial charge in [-0.2, -0.15) is 0 Å². The predicted octanol–water partition coefficient (Wildman–Crippen LogP) is 3.64. The van der Waals surface area contributed by atoms with Gasteiger partial charge in [0, 0.05) is 11.7 Å². The molecule has 0 aliphatic heterocycles. The Balaban J connectivity index is 1.91. The number of amides is 2. The Morgan fingerprint density at radius 1 is 1.15 bits per heavy atom. The minimum absolute atomic E-state index is 0.167. The first-order valence-electron chi connectivity index (χ1n) is 9.25. The molecule has 1 saturated carbocycles. The molecule has 1 aromatic carbocycles. The standard InChI is InChI=1S/C20H28N2O5/c1-13(17(23)21-15-9-5-6-10-15)26-18(24)14-8-7-11-16(12-14)22-19(25)27-20(2,3)4/h7-8,11-13,15H,5-6,9-10H2,1-4H3,(H,21,23)(H,22,25)/t13-/m1/s1. The third-order valence-electron chi connectivity index (χ3n) is 4.10. The molecule has 1 fully saturated rings. The lowest BCUT2D eigenvalue weighted by molar-refractivity contribution is -0.129. The van der Waals surface area contributed by atoms with E-state index in [0.29, 0.717) is 5.69 Å². The molecule has 0 radical (unpaired) electrons. The number of anilines is 1. The van der Waals surface area contributed by atoms with Gasteiger partial charge in [-0.05, 0) is 58.7 Å². The molecule has 148 valence electrons. The van der Waals surface area contributed by atoms with Crippen molar-refractivity contribution in [3.8, 4) is 0 Å². The zero-order valence-corrected chi connectivity index (χ0v) is 16.3. The minimum Gasteiger partial charge on any atom is -0.449 e. The fourth-order valence-corrected chi connectivity index (χ4v) is 2.82. The molecule has 1 aliphatic rings. The second-order valence-electron chi connectivity index (χ2n) is 7.75. The summed E-state index contributed by atoms with van der Waals surface area (Å²) in [5.74, 6) is -0.921. The van der Waals surface area contributed by atoms with Gasteiger partial charge in [-0.25, -0.2) is 9.59 Å². The Bertz CT molecular complexity index is 690. The quantitative estimate of drug-likeness (QED) is 0.765. The van der Waals surface area contributed by atoms with E-state index in [4.69, 9.17) is 9.47 Å². The van der Waals surface area contributed by atoms with Crippen LogP contribution in [0.4, 0.5) is 10.5 Å². The van der Waals surface area contributed by atoms with Crippen molar-refractivity contribution in [1.29, 1.82) is 0 Å². The van der Waals surface area contributed by atoms with Crippen molar-refractivity contribution in [2.24, 2.45) is 0 Å². The van der Waals surface area contributed by atoms with Gasteiger partial charge in [-0.15, -0.1) is 0 Å². The molecule has 1 atom stereocenters. The lowest BCUT2D eigenvalue weighted by Gasteiger charge is -2.20. The molecule has 2 N–H and O–H groups in total. The van der Waals surface area contributed by atoms with E-state index in [1.54, 1.807) is 45.9 Å². The van der Waals surface area contributed by atoms with E-state index in [2.05, 4.69) is 10.6 Å². The van der Waals surface area contributed by atoms with Gasteiger partial charge in [-0.3, -0.25) is 10.1 Å². The third kappa shape index (κ3) is 6.92. The van der Waals surface area contributed by atoms with Crippen LogP contribution in [0.1, 0.15) is 63.7 Å². The highest BCUT2D eigenvalue weighted by Gasteiger charge is 2.24. The maximum atomic E-state index is 12.3. The largest absolute Gasteiger partial charge is 0.449 e. The fraction of sp³-hybridized carbons (Fsp3) is 0.550. The summed E-state index contributed by atoms with van der Waals surface area (Å²) < 4.78 is 10.4. The molecule has 0 aromatic heterocycles. The fourth-order valence-electron chi connectivity index (χ4n) is 2.82. The summed E-state index contributed by atoms with van der Waals surface area (Å²) in [5, 5.41) is 5.47. The molecule has 1 aromatic rings.